The zero-order valence-electron chi connectivity index (χ0n) is 10.1. The maximum atomic E-state index is 10.3. The van der Waals surface area contributed by atoms with Crippen LogP contribution in [0.1, 0.15) is 40.0 Å². The Kier molecular flexibility index (Phi) is 3.79. The van der Waals surface area contributed by atoms with Gasteiger partial charge in [0.15, 0.2) is 0 Å². The molecule has 1 rings (SSSR count). The van der Waals surface area contributed by atoms with Crippen molar-refractivity contribution in [2.45, 2.75) is 46.1 Å². The van der Waals surface area contributed by atoms with E-state index in [4.69, 9.17) is 0 Å². The number of carbonyl (C=O) groups excluding carboxylic acids is 2. The molecule has 4 nitrogen and oxygen atoms in total. The van der Waals surface area contributed by atoms with Crippen molar-refractivity contribution in [2.24, 2.45) is 20.8 Å². The highest BCUT2D eigenvalue weighted by Crippen LogP contribution is 2.47. The van der Waals surface area contributed by atoms with Crippen molar-refractivity contribution in [3.05, 3.63) is 0 Å². The molecule has 4 heteroatoms. The molecule has 1 aliphatic carbocycles. The molecule has 0 aromatic rings. The van der Waals surface area contributed by atoms with Gasteiger partial charge in [-0.05, 0) is 30.1 Å². The summed E-state index contributed by atoms with van der Waals surface area (Å²) in [5.74, 6) is 0. The van der Waals surface area contributed by atoms with Gasteiger partial charge in [-0.3, -0.25) is 0 Å². The Morgan fingerprint density at radius 1 is 1.19 bits per heavy atom. The Labute approximate surface area is 95.9 Å². The molecule has 0 unspecified atom stereocenters. The van der Waals surface area contributed by atoms with Gasteiger partial charge in [-0.2, -0.15) is 0 Å². The normalized spacial score (nSPS) is 32.3. The number of isocyanates is 2. The first kappa shape index (κ1) is 12.8. The van der Waals surface area contributed by atoms with Gasteiger partial charge in [0.25, 0.3) is 0 Å². The highest BCUT2D eigenvalue weighted by atomic mass is 16.1. The molecule has 0 spiro atoms. The van der Waals surface area contributed by atoms with Crippen LogP contribution in [-0.2, 0) is 9.59 Å². The summed E-state index contributed by atoms with van der Waals surface area (Å²) in [6.07, 6.45) is 5.88. The standard InChI is InChI=1S/C12H18N2O2/c1-11(2)4-10(14-9-16)5-12(3,6-11)7-13-8-15/h10H,4-7H2,1-3H3/t10-,12-/m0/s1. The van der Waals surface area contributed by atoms with Gasteiger partial charge in [0.05, 0.1) is 12.6 Å². The molecule has 1 fully saturated rings. The number of nitrogens with zero attached hydrogens (tertiary/aromatic N) is 2. The van der Waals surface area contributed by atoms with Gasteiger partial charge in [-0.25, -0.2) is 19.6 Å². The fourth-order valence-corrected chi connectivity index (χ4v) is 3.09. The summed E-state index contributed by atoms with van der Waals surface area (Å²) in [5.41, 5.74) is 0.0561. The van der Waals surface area contributed by atoms with Gasteiger partial charge in [0.1, 0.15) is 0 Å². The van der Waals surface area contributed by atoms with Crippen molar-refractivity contribution < 1.29 is 9.59 Å². The Morgan fingerprint density at radius 3 is 2.44 bits per heavy atom. The third kappa shape index (κ3) is 3.41. The van der Waals surface area contributed by atoms with Crippen LogP contribution >= 0.6 is 0 Å². The summed E-state index contributed by atoms with van der Waals surface area (Å²) in [4.78, 5) is 28.0. The van der Waals surface area contributed by atoms with Gasteiger partial charge in [-0.15, -0.1) is 0 Å². The third-order valence-corrected chi connectivity index (χ3v) is 3.18. The van der Waals surface area contributed by atoms with Crippen LogP contribution in [0, 0.1) is 10.8 Å². The molecule has 0 aliphatic heterocycles. The van der Waals surface area contributed by atoms with E-state index in [0.717, 1.165) is 19.3 Å². The van der Waals surface area contributed by atoms with Crippen LogP contribution in [0.3, 0.4) is 0 Å². The lowest BCUT2D eigenvalue weighted by atomic mass is 9.63. The summed E-state index contributed by atoms with van der Waals surface area (Å²) in [6.45, 7) is 6.86. The van der Waals surface area contributed by atoms with Crippen LogP contribution in [-0.4, -0.2) is 24.7 Å². The van der Waals surface area contributed by atoms with Crippen molar-refractivity contribution in [3.63, 3.8) is 0 Å². The van der Waals surface area contributed by atoms with Gasteiger partial charge in [-0.1, -0.05) is 20.8 Å². The van der Waals surface area contributed by atoms with E-state index in [9.17, 15) is 9.59 Å². The minimum Gasteiger partial charge on any atom is -0.211 e. The molecular formula is C12H18N2O2. The lowest BCUT2D eigenvalue weighted by Gasteiger charge is -2.44. The van der Waals surface area contributed by atoms with Gasteiger partial charge in [0.2, 0.25) is 12.2 Å². The first-order valence-electron chi connectivity index (χ1n) is 5.51. The Balaban J connectivity index is 2.85. The van der Waals surface area contributed by atoms with E-state index < -0.39 is 0 Å². The minimum atomic E-state index is -0.0653. The first-order chi connectivity index (χ1) is 7.41. The van der Waals surface area contributed by atoms with Crippen molar-refractivity contribution in [1.29, 1.82) is 0 Å². The lowest BCUT2D eigenvalue weighted by molar-refractivity contribution is 0.0915. The van der Waals surface area contributed by atoms with E-state index in [1.54, 1.807) is 12.2 Å². The van der Waals surface area contributed by atoms with Gasteiger partial charge in [0, 0.05) is 0 Å². The van der Waals surface area contributed by atoms with Crippen molar-refractivity contribution >= 4 is 12.2 Å². The lowest BCUT2D eigenvalue weighted by Crippen LogP contribution is -2.39. The third-order valence-electron chi connectivity index (χ3n) is 3.18. The molecule has 1 saturated carbocycles. The maximum Gasteiger partial charge on any atom is 0.235 e. The Morgan fingerprint density at radius 2 is 1.88 bits per heavy atom. The average molecular weight is 222 g/mol. The van der Waals surface area contributed by atoms with Gasteiger partial charge >= 0.3 is 0 Å². The van der Waals surface area contributed by atoms with E-state index in [-0.39, 0.29) is 16.9 Å². The fraction of sp³-hybridized carbons (Fsp3) is 0.833. The van der Waals surface area contributed by atoms with Crippen molar-refractivity contribution in [1.82, 2.24) is 0 Å². The monoisotopic (exact) mass is 222 g/mol. The molecule has 0 aromatic carbocycles. The molecule has 0 aromatic heterocycles. The number of aliphatic imine (C=N–C) groups is 2. The molecule has 1 aliphatic rings. The molecule has 0 N–H and O–H groups in total. The van der Waals surface area contributed by atoms with Crippen molar-refractivity contribution in [2.75, 3.05) is 6.54 Å². The molecule has 0 amide bonds. The maximum absolute atomic E-state index is 10.3. The molecular weight excluding hydrogens is 204 g/mol. The first-order valence-corrected chi connectivity index (χ1v) is 5.51. The van der Waals surface area contributed by atoms with Crippen LogP contribution in [0.2, 0.25) is 0 Å². The van der Waals surface area contributed by atoms with Crippen LogP contribution in [0.4, 0.5) is 0 Å². The van der Waals surface area contributed by atoms with E-state index in [2.05, 4.69) is 30.8 Å². The number of rotatable bonds is 3. The number of hydrogen-bond donors (Lipinski definition) is 0. The van der Waals surface area contributed by atoms with Crippen LogP contribution < -0.4 is 0 Å². The zero-order chi connectivity index (χ0) is 12.2. The minimum absolute atomic E-state index is 0.00750. The van der Waals surface area contributed by atoms with E-state index in [1.807, 2.05) is 0 Å². The smallest absolute Gasteiger partial charge is 0.211 e. The predicted molar refractivity (Wildman–Crippen MR) is 60.6 cm³/mol. The second kappa shape index (κ2) is 4.73. The second-order valence-electron chi connectivity index (χ2n) is 5.84. The van der Waals surface area contributed by atoms with Crippen LogP contribution in [0.5, 0.6) is 0 Å². The molecule has 0 saturated heterocycles. The zero-order valence-corrected chi connectivity index (χ0v) is 10.1. The van der Waals surface area contributed by atoms with Crippen LogP contribution in [0.15, 0.2) is 9.98 Å². The summed E-state index contributed by atoms with van der Waals surface area (Å²) in [6, 6.07) is 0.00750. The van der Waals surface area contributed by atoms with Crippen molar-refractivity contribution in [3.8, 4) is 0 Å². The second-order valence-corrected chi connectivity index (χ2v) is 5.84. The quantitative estimate of drug-likeness (QED) is 0.543. The Bertz CT molecular complexity index is 352. The molecule has 0 heterocycles. The van der Waals surface area contributed by atoms with Gasteiger partial charge < -0.3 is 0 Å². The average Bonchev–Trinajstić information content (AvgIpc) is 2.12. The van der Waals surface area contributed by atoms with E-state index in [1.165, 1.54) is 0 Å². The number of hydrogen-bond acceptors (Lipinski definition) is 4. The largest absolute Gasteiger partial charge is 0.235 e. The fourth-order valence-electron chi connectivity index (χ4n) is 3.09. The highest BCUT2D eigenvalue weighted by Gasteiger charge is 2.41. The topological polar surface area (TPSA) is 58.9 Å². The summed E-state index contributed by atoms with van der Waals surface area (Å²) < 4.78 is 0. The highest BCUT2D eigenvalue weighted by molar-refractivity contribution is 5.34. The molecule has 16 heavy (non-hydrogen) atoms. The summed E-state index contributed by atoms with van der Waals surface area (Å²) in [7, 11) is 0. The van der Waals surface area contributed by atoms with Crippen LogP contribution in [0.25, 0.3) is 0 Å². The molecule has 0 bridgehead atoms. The molecule has 88 valence electrons. The predicted octanol–water partition coefficient (Wildman–Crippen LogP) is 2.24. The summed E-state index contributed by atoms with van der Waals surface area (Å²) in [5, 5.41) is 0. The van der Waals surface area contributed by atoms with E-state index in [0.29, 0.717) is 6.54 Å². The molecule has 2 atom stereocenters. The Hall–Kier alpha value is -1.24. The summed E-state index contributed by atoms with van der Waals surface area (Å²) >= 11 is 0. The van der Waals surface area contributed by atoms with E-state index >= 15 is 0 Å². The molecule has 0 radical (unpaired) electrons. The SMILES string of the molecule is CC1(C)C[C@H](N=C=O)C[C@](C)(CN=C=O)C1.